The van der Waals surface area contributed by atoms with Gasteiger partial charge < -0.3 is 9.84 Å². The van der Waals surface area contributed by atoms with E-state index in [1.165, 1.54) is 64.2 Å². The molecule has 0 amide bonds. The Kier molecular flexibility index (Phi) is 7.37. The van der Waals surface area contributed by atoms with E-state index in [2.05, 4.69) is 6.92 Å². The highest BCUT2D eigenvalue weighted by atomic mass is 16.5. The lowest BCUT2D eigenvalue weighted by atomic mass is 9.82. The van der Waals surface area contributed by atoms with Gasteiger partial charge in [0.05, 0.1) is 12.2 Å². The van der Waals surface area contributed by atoms with Crippen molar-refractivity contribution in [3.63, 3.8) is 0 Å². The van der Waals surface area contributed by atoms with Crippen LogP contribution in [0.15, 0.2) is 0 Å². The molecule has 0 aromatic carbocycles. The first-order valence-electron chi connectivity index (χ1n) is 9.09. The predicted octanol–water partition coefficient (Wildman–Crippen LogP) is 4.69. The van der Waals surface area contributed by atoms with Gasteiger partial charge in [0.15, 0.2) is 0 Å². The monoisotopic (exact) mass is 282 g/mol. The summed E-state index contributed by atoms with van der Waals surface area (Å²) in [6.07, 6.45) is 15.5. The van der Waals surface area contributed by atoms with Crippen molar-refractivity contribution in [2.75, 3.05) is 6.61 Å². The lowest BCUT2D eigenvalue weighted by Crippen LogP contribution is -2.31. The highest BCUT2D eigenvalue weighted by Gasteiger charge is 2.28. The Morgan fingerprint density at radius 1 is 1.00 bits per heavy atom. The fraction of sp³-hybridized carbons (Fsp3) is 1.00. The van der Waals surface area contributed by atoms with Crippen molar-refractivity contribution >= 4 is 0 Å². The summed E-state index contributed by atoms with van der Waals surface area (Å²) < 4.78 is 6.38. The number of hydrogen-bond acceptors (Lipinski definition) is 2. The Morgan fingerprint density at radius 2 is 1.70 bits per heavy atom. The van der Waals surface area contributed by atoms with E-state index in [1.807, 2.05) is 0 Å². The molecule has 1 unspecified atom stereocenters. The Balaban J connectivity index is 1.76. The molecular weight excluding hydrogens is 248 g/mol. The normalized spacial score (nSPS) is 30.3. The summed E-state index contributed by atoms with van der Waals surface area (Å²) in [4.78, 5) is 0. The average Bonchev–Trinajstić information content (AvgIpc) is 2.50. The standard InChI is InChI=1S/C18H34O2/c1-2-3-9-18(16-10-12-17(19)13-11-16)20-14-15-7-5-4-6-8-15/h15-19H,2-14H2,1H3. The summed E-state index contributed by atoms with van der Waals surface area (Å²) in [7, 11) is 0. The van der Waals surface area contributed by atoms with Crippen LogP contribution in [0.25, 0.3) is 0 Å². The van der Waals surface area contributed by atoms with Gasteiger partial charge in [-0.25, -0.2) is 0 Å². The highest BCUT2D eigenvalue weighted by molar-refractivity contribution is 4.79. The molecule has 118 valence electrons. The van der Waals surface area contributed by atoms with Crippen LogP contribution in [0.2, 0.25) is 0 Å². The smallest absolute Gasteiger partial charge is 0.0603 e. The average molecular weight is 282 g/mol. The number of aliphatic hydroxyl groups excluding tert-OH is 1. The summed E-state index contributed by atoms with van der Waals surface area (Å²) in [5.74, 6) is 1.52. The van der Waals surface area contributed by atoms with E-state index >= 15 is 0 Å². The van der Waals surface area contributed by atoms with Crippen LogP contribution in [-0.4, -0.2) is 23.9 Å². The van der Waals surface area contributed by atoms with Crippen LogP contribution < -0.4 is 0 Å². The van der Waals surface area contributed by atoms with Crippen LogP contribution in [0.5, 0.6) is 0 Å². The zero-order valence-corrected chi connectivity index (χ0v) is 13.4. The second-order valence-electron chi connectivity index (χ2n) is 7.09. The first-order chi connectivity index (χ1) is 9.79. The van der Waals surface area contributed by atoms with Gasteiger partial charge in [0, 0.05) is 6.61 Å². The second kappa shape index (κ2) is 9.04. The van der Waals surface area contributed by atoms with Gasteiger partial charge in [-0.15, -0.1) is 0 Å². The Labute approximate surface area is 125 Å². The van der Waals surface area contributed by atoms with Crippen molar-refractivity contribution in [2.24, 2.45) is 11.8 Å². The van der Waals surface area contributed by atoms with E-state index in [9.17, 15) is 5.11 Å². The quantitative estimate of drug-likeness (QED) is 0.734. The lowest BCUT2D eigenvalue weighted by Gasteiger charge is -2.33. The number of unbranched alkanes of at least 4 members (excludes halogenated alkanes) is 1. The third-order valence-electron chi connectivity index (χ3n) is 5.38. The fourth-order valence-corrected chi connectivity index (χ4v) is 3.95. The van der Waals surface area contributed by atoms with Crippen LogP contribution >= 0.6 is 0 Å². The zero-order chi connectivity index (χ0) is 14.2. The third-order valence-corrected chi connectivity index (χ3v) is 5.38. The summed E-state index contributed by atoms with van der Waals surface area (Å²) in [5, 5.41) is 9.68. The third kappa shape index (κ3) is 5.37. The van der Waals surface area contributed by atoms with Crippen molar-refractivity contribution < 1.29 is 9.84 Å². The van der Waals surface area contributed by atoms with E-state index in [4.69, 9.17) is 4.74 Å². The number of rotatable bonds is 7. The largest absolute Gasteiger partial charge is 0.393 e. The van der Waals surface area contributed by atoms with Gasteiger partial charge in [0.25, 0.3) is 0 Å². The summed E-state index contributed by atoms with van der Waals surface area (Å²) in [6, 6.07) is 0. The van der Waals surface area contributed by atoms with E-state index in [1.54, 1.807) is 0 Å². The molecule has 1 N–H and O–H groups in total. The van der Waals surface area contributed by atoms with E-state index in [0.717, 1.165) is 25.4 Å². The van der Waals surface area contributed by atoms with Gasteiger partial charge >= 0.3 is 0 Å². The van der Waals surface area contributed by atoms with Crippen molar-refractivity contribution in [1.29, 1.82) is 0 Å². The molecule has 0 heterocycles. The molecule has 0 bridgehead atoms. The molecular formula is C18H34O2. The van der Waals surface area contributed by atoms with Gasteiger partial charge in [-0.1, -0.05) is 39.0 Å². The zero-order valence-electron chi connectivity index (χ0n) is 13.4. The minimum Gasteiger partial charge on any atom is -0.393 e. The van der Waals surface area contributed by atoms with E-state index < -0.39 is 0 Å². The molecule has 0 aromatic rings. The van der Waals surface area contributed by atoms with Crippen molar-refractivity contribution in [3.8, 4) is 0 Å². The van der Waals surface area contributed by atoms with Crippen molar-refractivity contribution in [1.82, 2.24) is 0 Å². The molecule has 0 radical (unpaired) electrons. The fourth-order valence-electron chi connectivity index (χ4n) is 3.95. The van der Waals surface area contributed by atoms with E-state index in [-0.39, 0.29) is 6.10 Å². The number of hydrogen-bond donors (Lipinski definition) is 1. The van der Waals surface area contributed by atoms with Crippen LogP contribution in [0, 0.1) is 11.8 Å². The van der Waals surface area contributed by atoms with Crippen LogP contribution in [-0.2, 0) is 4.74 Å². The SMILES string of the molecule is CCCCC(OCC1CCCCC1)C1CCC(O)CC1. The first kappa shape index (κ1) is 16.3. The van der Waals surface area contributed by atoms with Gasteiger partial charge in [-0.05, 0) is 56.8 Å². The topological polar surface area (TPSA) is 29.5 Å². The molecule has 2 rings (SSSR count). The van der Waals surface area contributed by atoms with E-state index in [0.29, 0.717) is 12.0 Å². The molecule has 2 aliphatic carbocycles. The molecule has 2 aliphatic rings. The Morgan fingerprint density at radius 3 is 2.35 bits per heavy atom. The molecule has 2 fully saturated rings. The molecule has 0 saturated heterocycles. The maximum atomic E-state index is 9.68. The molecule has 1 atom stereocenters. The molecule has 2 nitrogen and oxygen atoms in total. The summed E-state index contributed by atoms with van der Waals surface area (Å²) in [5.41, 5.74) is 0. The molecule has 0 spiro atoms. The molecule has 0 aromatic heterocycles. The molecule has 20 heavy (non-hydrogen) atoms. The minimum absolute atomic E-state index is 0.0450. The molecule has 2 saturated carbocycles. The summed E-state index contributed by atoms with van der Waals surface area (Å²) in [6.45, 7) is 3.26. The summed E-state index contributed by atoms with van der Waals surface area (Å²) >= 11 is 0. The van der Waals surface area contributed by atoms with Crippen molar-refractivity contribution in [2.45, 2.75) is 96.2 Å². The van der Waals surface area contributed by atoms with Gasteiger partial charge in [-0.2, -0.15) is 0 Å². The predicted molar refractivity (Wildman–Crippen MR) is 83.8 cm³/mol. The van der Waals surface area contributed by atoms with Crippen molar-refractivity contribution in [3.05, 3.63) is 0 Å². The molecule has 0 aliphatic heterocycles. The number of ether oxygens (including phenoxy) is 1. The second-order valence-corrected chi connectivity index (χ2v) is 7.09. The van der Waals surface area contributed by atoms with Gasteiger partial charge in [-0.3, -0.25) is 0 Å². The maximum Gasteiger partial charge on any atom is 0.0603 e. The van der Waals surface area contributed by atoms with Crippen LogP contribution in [0.3, 0.4) is 0 Å². The van der Waals surface area contributed by atoms with Crippen LogP contribution in [0.1, 0.15) is 84.0 Å². The molecule has 2 heteroatoms. The van der Waals surface area contributed by atoms with Gasteiger partial charge in [0.2, 0.25) is 0 Å². The van der Waals surface area contributed by atoms with Gasteiger partial charge in [0.1, 0.15) is 0 Å². The Hall–Kier alpha value is -0.0800. The first-order valence-corrected chi connectivity index (χ1v) is 9.09. The highest BCUT2D eigenvalue weighted by Crippen LogP contribution is 2.32. The lowest BCUT2D eigenvalue weighted by molar-refractivity contribution is -0.0378. The Bertz CT molecular complexity index is 240. The number of aliphatic hydroxyl groups is 1. The maximum absolute atomic E-state index is 9.68. The minimum atomic E-state index is -0.0450. The van der Waals surface area contributed by atoms with Crippen LogP contribution in [0.4, 0.5) is 0 Å².